The molecule has 1 fully saturated rings. The summed E-state index contributed by atoms with van der Waals surface area (Å²) in [5, 5.41) is 3.27. The zero-order valence-corrected chi connectivity index (χ0v) is 12.4. The molecule has 0 bridgehead atoms. The molecule has 0 aliphatic carbocycles. The van der Waals surface area contributed by atoms with Gasteiger partial charge >= 0.3 is 0 Å². The Kier molecular flexibility index (Phi) is 7.19. The van der Waals surface area contributed by atoms with Gasteiger partial charge in [-0.05, 0) is 12.5 Å². The third-order valence-corrected chi connectivity index (χ3v) is 3.53. The minimum Gasteiger partial charge on any atom is -0.496 e. The van der Waals surface area contributed by atoms with Crippen LogP contribution in [-0.4, -0.2) is 44.9 Å². The number of hydrogen-bond acceptors (Lipinski definition) is 3. The largest absolute Gasteiger partial charge is 0.496 e. The molecule has 0 amide bonds. The van der Waals surface area contributed by atoms with E-state index in [1.165, 1.54) is 19.2 Å². The predicted molar refractivity (Wildman–Crippen MR) is 78.0 cm³/mol. The van der Waals surface area contributed by atoms with Crippen molar-refractivity contribution in [1.82, 2.24) is 10.2 Å². The monoisotopic (exact) mass is 306 g/mol. The Labute approximate surface area is 124 Å². The van der Waals surface area contributed by atoms with Gasteiger partial charge in [-0.1, -0.05) is 6.07 Å². The zero-order chi connectivity index (χ0) is 13.7. The van der Waals surface area contributed by atoms with Crippen molar-refractivity contribution in [3.8, 4) is 5.75 Å². The summed E-state index contributed by atoms with van der Waals surface area (Å²) in [6.45, 7) is 3.13. The van der Waals surface area contributed by atoms with Crippen LogP contribution in [0.25, 0.3) is 0 Å². The van der Waals surface area contributed by atoms with Crippen molar-refractivity contribution >= 4 is 12.4 Å². The summed E-state index contributed by atoms with van der Waals surface area (Å²) < 4.78 is 31.3. The second-order valence-electron chi connectivity index (χ2n) is 4.67. The lowest BCUT2D eigenvalue weighted by Crippen LogP contribution is -2.45. The van der Waals surface area contributed by atoms with Crippen LogP contribution in [0, 0.1) is 5.82 Å². The molecule has 1 aromatic carbocycles. The van der Waals surface area contributed by atoms with Gasteiger partial charge in [-0.3, -0.25) is 9.29 Å². The average Bonchev–Trinajstić information content (AvgIpc) is 2.46. The number of alkyl halides is 1. The summed E-state index contributed by atoms with van der Waals surface area (Å²) in [7, 11) is 1.52. The van der Waals surface area contributed by atoms with Crippen LogP contribution in [0.1, 0.15) is 18.0 Å². The van der Waals surface area contributed by atoms with Crippen LogP contribution in [-0.2, 0) is 0 Å². The average molecular weight is 307 g/mol. The molecule has 6 heteroatoms. The Bertz CT molecular complexity index is 414. The van der Waals surface area contributed by atoms with Gasteiger partial charge < -0.3 is 10.1 Å². The molecule has 1 N–H and O–H groups in total. The fraction of sp³-hybridized carbons (Fsp3) is 0.571. The van der Waals surface area contributed by atoms with Crippen molar-refractivity contribution in [2.45, 2.75) is 12.5 Å². The molecule has 1 aliphatic heterocycles. The van der Waals surface area contributed by atoms with Gasteiger partial charge in [-0.25, -0.2) is 4.39 Å². The van der Waals surface area contributed by atoms with Crippen LogP contribution in [0.15, 0.2) is 18.2 Å². The predicted octanol–water partition coefficient (Wildman–Crippen LogP) is 2.56. The summed E-state index contributed by atoms with van der Waals surface area (Å²) in [4.78, 5) is 2.23. The molecule has 114 valence electrons. The Balaban J connectivity index is 0.00000200. The maximum absolute atomic E-state index is 13.2. The van der Waals surface area contributed by atoms with Gasteiger partial charge in [0.15, 0.2) is 0 Å². The third kappa shape index (κ3) is 4.04. The molecule has 0 radical (unpaired) electrons. The number of rotatable bonds is 5. The number of benzene rings is 1. The molecule has 0 unspecified atom stereocenters. The number of piperazine rings is 1. The lowest BCUT2D eigenvalue weighted by molar-refractivity contribution is 0.155. The van der Waals surface area contributed by atoms with Crippen molar-refractivity contribution < 1.29 is 13.5 Å². The SMILES string of the molecule is COc1cc(F)ccc1[C@@H](CCF)N1CCNCC1.Cl. The number of methoxy groups -OCH3 is 1. The highest BCUT2D eigenvalue weighted by Gasteiger charge is 2.24. The van der Waals surface area contributed by atoms with E-state index >= 15 is 0 Å². The van der Waals surface area contributed by atoms with E-state index in [1.807, 2.05) is 0 Å². The number of hydrogen-bond donors (Lipinski definition) is 1. The minimum absolute atomic E-state index is 0. The van der Waals surface area contributed by atoms with Crippen LogP contribution in [0.5, 0.6) is 5.75 Å². The minimum atomic E-state index is -0.394. The van der Waals surface area contributed by atoms with Crippen LogP contribution in [0.2, 0.25) is 0 Å². The lowest BCUT2D eigenvalue weighted by Gasteiger charge is -2.35. The Hall–Kier alpha value is -0.910. The second-order valence-corrected chi connectivity index (χ2v) is 4.67. The van der Waals surface area contributed by atoms with Gasteiger partial charge in [0.1, 0.15) is 11.6 Å². The van der Waals surface area contributed by atoms with Crippen LogP contribution < -0.4 is 10.1 Å². The smallest absolute Gasteiger partial charge is 0.126 e. The summed E-state index contributed by atoms with van der Waals surface area (Å²) in [6, 6.07) is 4.42. The highest BCUT2D eigenvalue weighted by atomic mass is 35.5. The summed E-state index contributed by atoms with van der Waals surface area (Å²) in [5.41, 5.74) is 0.864. The molecule has 1 aliphatic rings. The second kappa shape index (κ2) is 8.39. The molecular weight excluding hydrogens is 286 g/mol. The summed E-state index contributed by atoms with van der Waals surface area (Å²) in [5.74, 6) is 0.164. The van der Waals surface area contributed by atoms with E-state index in [4.69, 9.17) is 4.74 Å². The molecule has 0 saturated carbocycles. The molecular formula is C14H21ClF2N2O. The normalized spacial score (nSPS) is 17.4. The first-order chi connectivity index (χ1) is 9.26. The molecule has 1 saturated heterocycles. The van der Waals surface area contributed by atoms with Crippen molar-refractivity contribution in [3.05, 3.63) is 29.6 Å². The first-order valence-corrected chi connectivity index (χ1v) is 6.60. The molecule has 2 rings (SSSR count). The van der Waals surface area contributed by atoms with E-state index < -0.39 is 6.67 Å². The van der Waals surface area contributed by atoms with E-state index in [0.29, 0.717) is 12.2 Å². The molecule has 0 spiro atoms. The summed E-state index contributed by atoms with van der Waals surface area (Å²) in [6.07, 6.45) is 0.405. The number of nitrogens with one attached hydrogen (secondary N) is 1. The number of halogens is 3. The van der Waals surface area contributed by atoms with Crippen LogP contribution in [0.3, 0.4) is 0 Å². The van der Waals surface area contributed by atoms with Gasteiger partial charge in [0.25, 0.3) is 0 Å². The molecule has 20 heavy (non-hydrogen) atoms. The van der Waals surface area contributed by atoms with Gasteiger partial charge in [-0.2, -0.15) is 0 Å². The maximum Gasteiger partial charge on any atom is 0.126 e. The molecule has 3 nitrogen and oxygen atoms in total. The fourth-order valence-electron chi connectivity index (χ4n) is 2.59. The standard InChI is InChI=1S/C14H20F2N2O.ClH/c1-19-14-10-11(16)2-3-12(14)13(4-5-15)18-8-6-17-7-9-18;/h2-3,10,13,17H,4-9H2,1H3;1H/t13-;/m1./s1. The summed E-state index contributed by atoms with van der Waals surface area (Å²) >= 11 is 0. The first-order valence-electron chi connectivity index (χ1n) is 6.60. The van der Waals surface area contributed by atoms with Crippen molar-refractivity contribution in [2.24, 2.45) is 0 Å². The zero-order valence-electron chi connectivity index (χ0n) is 11.6. The van der Waals surface area contributed by atoms with Gasteiger partial charge in [0.05, 0.1) is 13.8 Å². The quantitative estimate of drug-likeness (QED) is 0.905. The van der Waals surface area contributed by atoms with E-state index in [0.717, 1.165) is 31.7 Å². The van der Waals surface area contributed by atoms with Crippen LogP contribution in [0.4, 0.5) is 8.78 Å². The first kappa shape index (κ1) is 17.1. The lowest BCUT2D eigenvalue weighted by atomic mass is 10.0. The van der Waals surface area contributed by atoms with E-state index in [1.54, 1.807) is 6.07 Å². The Morgan fingerprint density at radius 1 is 1.35 bits per heavy atom. The Morgan fingerprint density at radius 3 is 2.65 bits per heavy atom. The molecule has 0 aromatic heterocycles. The number of ether oxygens (including phenoxy) is 1. The Morgan fingerprint density at radius 2 is 2.05 bits per heavy atom. The van der Waals surface area contributed by atoms with Crippen LogP contribution >= 0.6 is 12.4 Å². The van der Waals surface area contributed by atoms with Gasteiger partial charge in [0.2, 0.25) is 0 Å². The highest BCUT2D eigenvalue weighted by Crippen LogP contribution is 2.32. The molecule has 1 aromatic rings. The third-order valence-electron chi connectivity index (χ3n) is 3.53. The van der Waals surface area contributed by atoms with E-state index in [2.05, 4.69) is 10.2 Å². The fourth-order valence-corrected chi connectivity index (χ4v) is 2.59. The highest BCUT2D eigenvalue weighted by molar-refractivity contribution is 5.85. The van der Waals surface area contributed by atoms with Gasteiger partial charge in [0, 0.05) is 43.9 Å². The van der Waals surface area contributed by atoms with E-state index in [9.17, 15) is 8.78 Å². The molecule has 1 atom stereocenters. The number of nitrogens with zero attached hydrogens (tertiary/aromatic N) is 1. The van der Waals surface area contributed by atoms with Gasteiger partial charge in [-0.15, -0.1) is 12.4 Å². The molecule has 1 heterocycles. The topological polar surface area (TPSA) is 24.5 Å². The van der Waals surface area contributed by atoms with E-state index in [-0.39, 0.29) is 24.3 Å². The van der Waals surface area contributed by atoms with Crippen molar-refractivity contribution in [3.63, 3.8) is 0 Å². The van der Waals surface area contributed by atoms with Crippen molar-refractivity contribution in [2.75, 3.05) is 40.0 Å². The maximum atomic E-state index is 13.2. The van der Waals surface area contributed by atoms with Crippen molar-refractivity contribution in [1.29, 1.82) is 0 Å².